The number of aryl methyl sites for hydroxylation is 1. The average molecular weight is 405 g/mol. The van der Waals surface area contributed by atoms with Crippen molar-refractivity contribution in [2.75, 3.05) is 18.6 Å². The van der Waals surface area contributed by atoms with Crippen LogP contribution in [-0.2, 0) is 13.7 Å². The molecule has 0 fully saturated rings. The van der Waals surface area contributed by atoms with Crippen molar-refractivity contribution in [1.82, 2.24) is 20.0 Å². The molecule has 1 aromatic carbocycles. The largest absolute Gasteiger partial charge is 0.484 e. The van der Waals surface area contributed by atoms with Gasteiger partial charge in [-0.1, -0.05) is 29.1 Å². The van der Waals surface area contributed by atoms with Crippen molar-refractivity contribution in [3.63, 3.8) is 0 Å². The first-order chi connectivity index (χ1) is 13.2. The molecule has 0 aliphatic rings. The van der Waals surface area contributed by atoms with Gasteiger partial charge in [0.1, 0.15) is 12.4 Å². The van der Waals surface area contributed by atoms with Crippen molar-refractivity contribution in [2.24, 2.45) is 7.05 Å². The molecule has 2 heterocycles. The third-order valence-corrected chi connectivity index (χ3v) is 5.46. The van der Waals surface area contributed by atoms with Gasteiger partial charge >= 0.3 is 0 Å². The average Bonchev–Trinajstić information content (AvgIpc) is 3.33. The van der Waals surface area contributed by atoms with Gasteiger partial charge in [0.2, 0.25) is 0 Å². The van der Waals surface area contributed by atoms with Crippen LogP contribution in [0.1, 0.15) is 16.2 Å². The summed E-state index contributed by atoms with van der Waals surface area (Å²) in [5.74, 6) is 1.72. The molecular weight excluding hydrogens is 384 g/mol. The lowest BCUT2D eigenvalue weighted by molar-refractivity contribution is 0.0947. The van der Waals surface area contributed by atoms with Crippen LogP contribution in [0.2, 0.25) is 0 Å². The second kappa shape index (κ2) is 9.52. The first-order valence-corrected chi connectivity index (χ1v) is 10.5. The SMILES string of the molecule is CSc1ccccc1OCc1cc(C(=O)NCCSc2nccn2C)no1. The normalized spacial score (nSPS) is 10.7. The van der Waals surface area contributed by atoms with Crippen LogP contribution in [-0.4, -0.2) is 39.2 Å². The first kappa shape index (κ1) is 19.4. The molecule has 1 amide bonds. The van der Waals surface area contributed by atoms with E-state index >= 15 is 0 Å². The highest BCUT2D eigenvalue weighted by molar-refractivity contribution is 7.99. The summed E-state index contributed by atoms with van der Waals surface area (Å²) in [6.45, 7) is 0.725. The molecule has 0 aliphatic heterocycles. The Balaban J connectivity index is 1.45. The van der Waals surface area contributed by atoms with E-state index in [-0.39, 0.29) is 18.2 Å². The Kier molecular flexibility index (Phi) is 6.83. The molecular formula is C18H20N4O3S2. The summed E-state index contributed by atoms with van der Waals surface area (Å²) in [5, 5.41) is 7.55. The summed E-state index contributed by atoms with van der Waals surface area (Å²) in [4.78, 5) is 17.4. The molecule has 7 nitrogen and oxygen atoms in total. The predicted molar refractivity (Wildman–Crippen MR) is 105 cm³/mol. The maximum atomic E-state index is 12.2. The van der Waals surface area contributed by atoms with Crippen molar-refractivity contribution in [2.45, 2.75) is 16.7 Å². The number of para-hydroxylation sites is 1. The van der Waals surface area contributed by atoms with Crippen molar-refractivity contribution < 1.29 is 14.1 Å². The van der Waals surface area contributed by atoms with E-state index in [2.05, 4.69) is 15.5 Å². The Hall–Kier alpha value is -2.39. The molecule has 0 aliphatic carbocycles. The summed E-state index contributed by atoms with van der Waals surface area (Å²) in [6, 6.07) is 9.36. The highest BCUT2D eigenvalue weighted by Crippen LogP contribution is 2.27. The summed E-state index contributed by atoms with van der Waals surface area (Å²) in [7, 11) is 1.94. The fraction of sp³-hybridized carbons (Fsp3) is 0.278. The van der Waals surface area contributed by atoms with Crippen LogP contribution in [0.15, 0.2) is 57.3 Å². The molecule has 1 N–H and O–H groups in total. The number of hydrogen-bond acceptors (Lipinski definition) is 7. The van der Waals surface area contributed by atoms with Crippen LogP contribution < -0.4 is 10.1 Å². The number of thioether (sulfide) groups is 2. The second-order valence-corrected chi connectivity index (χ2v) is 7.45. The van der Waals surface area contributed by atoms with Gasteiger partial charge in [0.25, 0.3) is 5.91 Å². The minimum atomic E-state index is -0.269. The Bertz CT molecular complexity index is 894. The van der Waals surface area contributed by atoms with Gasteiger partial charge in [-0.3, -0.25) is 4.79 Å². The Labute approximate surface area is 165 Å². The van der Waals surface area contributed by atoms with Crippen molar-refractivity contribution in [3.05, 3.63) is 54.2 Å². The van der Waals surface area contributed by atoms with Crippen LogP contribution in [0.25, 0.3) is 0 Å². The van der Waals surface area contributed by atoms with E-state index in [0.29, 0.717) is 12.3 Å². The lowest BCUT2D eigenvalue weighted by atomic mass is 10.3. The van der Waals surface area contributed by atoms with Crippen LogP contribution in [0.3, 0.4) is 0 Å². The van der Waals surface area contributed by atoms with Crippen molar-refractivity contribution in [1.29, 1.82) is 0 Å². The summed E-state index contributed by atoms with van der Waals surface area (Å²) in [5.41, 5.74) is 0.244. The molecule has 0 unspecified atom stereocenters. The molecule has 0 saturated carbocycles. The van der Waals surface area contributed by atoms with Gasteiger partial charge in [-0.2, -0.15) is 0 Å². The van der Waals surface area contributed by atoms with E-state index < -0.39 is 0 Å². The van der Waals surface area contributed by atoms with Crippen LogP contribution in [0, 0.1) is 0 Å². The highest BCUT2D eigenvalue weighted by atomic mass is 32.2. The van der Waals surface area contributed by atoms with Gasteiger partial charge in [-0.15, -0.1) is 11.8 Å². The summed E-state index contributed by atoms with van der Waals surface area (Å²) < 4.78 is 12.9. The van der Waals surface area contributed by atoms with Crippen molar-refractivity contribution in [3.8, 4) is 5.75 Å². The molecule has 142 valence electrons. The first-order valence-electron chi connectivity index (χ1n) is 8.27. The van der Waals surface area contributed by atoms with Gasteiger partial charge < -0.3 is 19.1 Å². The number of imidazole rings is 1. The van der Waals surface area contributed by atoms with E-state index in [0.717, 1.165) is 21.6 Å². The fourth-order valence-electron chi connectivity index (χ4n) is 2.26. The van der Waals surface area contributed by atoms with Gasteiger partial charge in [0.05, 0.1) is 0 Å². The minimum Gasteiger partial charge on any atom is -0.484 e. The molecule has 0 radical (unpaired) electrons. The molecule has 2 aromatic heterocycles. The number of ether oxygens (including phenoxy) is 1. The minimum absolute atomic E-state index is 0.215. The molecule has 27 heavy (non-hydrogen) atoms. The topological polar surface area (TPSA) is 82.2 Å². The third kappa shape index (κ3) is 5.30. The fourth-order valence-corrected chi connectivity index (χ4v) is 3.59. The predicted octanol–water partition coefficient (Wildman–Crippen LogP) is 3.23. The second-order valence-electron chi connectivity index (χ2n) is 5.54. The lowest BCUT2D eigenvalue weighted by Crippen LogP contribution is -2.26. The molecule has 0 spiro atoms. The highest BCUT2D eigenvalue weighted by Gasteiger charge is 2.13. The zero-order valence-electron chi connectivity index (χ0n) is 15.0. The number of nitrogens with one attached hydrogen (secondary N) is 1. The zero-order chi connectivity index (χ0) is 19.1. The number of aromatic nitrogens is 3. The maximum Gasteiger partial charge on any atom is 0.273 e. The number of carbonyl (C=O) groups excluding carboxylic acids is 1. The molecule has 0 saturated heterocycles. The number of amides is 1. The quantitative estimate of drug-likeness (QED) is 0.433. The van der Waals surface area contributed by atoms with Gasteiger partial charge in [-0.05, 0) is 18.4 Å². The Morgan fingerprint density at radius 1 is 1.37 bits per heavy atom. The van der Waals surface area contributed by atoms with Crippen LogP contribution >= 0.6 is 23.5 Å². The summed E-state index contributed by atoms with van der Waals surface area (Å²) in [6.07, 6.45) is 5.63. The monoisotopic (exact) mass is 404 g/mol. The van der Waals surface area contributed by atoms with Gasteiger partial charge in [-0.25, -0.2) is 4.98 Å². The third-order valence-electron chi connectivity index (χ3n) is 3.63. The van der Waals surface area contributed by atoms with Gasteiger partial charge in [0, 0.05) is 42.7 Å². The molecule has 3 aromatic rings. The number of benzene rings is 1. The standard InChI is InChI=1S/C18H20N4O3S2/c1-22-9-7-20-18(22)27-10-8-19-17(23)14-11-13(25-21-14)12-24-15-5-3-4-6-16(15)26-2/h3-7,9,11H,8,10,12H2,1-2H3,(H,19,23). The molecule has 0 atom stereocenters. The van der Waals surface area contributed by atoms with E-state index in [1.165, 1.54) is 0 Å². The zero-order valence-corrected chi connectivity index (χ0v) is 16.7. The number of nitrogens with zero attached hydrogens (tertiary/aromatic N) is 3. The van der Waals surface area contributed by atoms with E-state index in [1.54, 1.807) is 35.8 Å². The van der Waals surface area contributed by atoms with Crippen LogP contribution in [0.4, 0.5) is 0 Å². The smallest absolute Gasteiger partial charge is 0.273 e. The molecule has 3 rings (SSSR count). The van der Waals surface area contributed by atoms with E-state index in [4.69, 9.17) is 9.26 Å². The number of hydrogen-bond donors (Lipinski definition) is 1. The summed E-state index contributed by atoms with van der Waals surface area (Å²) >= 11 is 3.18. The lowest BCUT2D eigenvalue weighted by Gasteiger charge is -2.07. The van der Waals surface area contributed by atoms with Crippen molar-refractivity contribution >= 4 is 29.4 Å². The Morgan fingerprint density at radius 2 is 2.22 bits per heavy atom. The molecule has 0 bridgehead atoms. The van der Waals surface area contributed by atoms with E-state index in [1.807, 2.05) is 48.3 Å². The number of rotatable bonds is 9. The van der Waals surface area contributed by atoms with Gasteiger partial charge in [0.15, 0.2) is 16.6 Å². The maximum absolute atomic E-state index is 12.2. The van der Waals surface area contributed by atoms with E-state index in [9.17, 15) is 4.79 Å². The molecule has 9 heteroatoms. The van der Waals surface area contributed by atoms with Crippen LogP contribution in [0.5, 0.6) is 5.75 Å². The number of carbonyl (C=O) groups is 1. The Morgan fingerprint density at radius 3 is 3.00 bits per heavy atom.